The van der Waals surface area contributed by atoms with Crippen LogP contribution in [0, 0.1) is 5.92 Å². The van der Waals surface area contributed by atoms with Crippen LogP contribution < -0.4 is 0 Å². The molecule has 14 nitrogen and oxygen atoms in total. The van der Waals surface area contributed by atoms with E-state index in [2.05, 4.69) is 13.5 Å². The summed E-state index contributed by atoms with van der Waals surface area (Å²) in [5.41, 5.74) is 0.367. The van der Waals surface area contributed by atoms with Gasteiger partial charge in [0.2, 0.25) is 0 Å². The number of hydrogen-bond donors (Lipinski definition) is 0. The Morgan fingerprint density at radius 3 is 0.979 bits per heavy atom. The SMILES string of the molecule is C=C(C)C(=O)OCCOCCOCCOCCOCCOCCOCCOCCOCCOCCOCCOC(=O)C(CC)CCCC. The van der Waals surface area contributed by atoms with E-state index in [0.29, 0.717) is 138 Å². The molecule has 0 rings (SSSR count). The lowest BCUT2D eigenvalue weighted by molar-refractivity contribution is -0.150. The number of esters is 2. The van der Waals surface area contributed by atoms with Crippen molar-refractivity contribution in [3.05, 3.63) is 12.2 Å². The lowest BCUT2D eigenvalue weighted by Gasteiger charge is -2.13. The van der Waals surface area contributed by atoms with Gasteiger partial charge in [-0.1, -0.05) is 33.3 Å². The van der Waals surface area contributed by atoms with Crippen molar-refractivity contribution in [1.29, 1.82) is 0 Å². The van der Waals surface area contributed by atoms with E-state index in [1.54, 1.807) is 6.92 Å². The second-order valence-electron chi connectivity index (χ2n) is 10.5. The molecule has 0 fully saturated rings. The summed E-state index contributed by atoms with van der Waals surface area (Å²) in [6.07, 6.45) is 3.82. The summed E-state index contributed by atoms with van der Waals surface area (Å²) in [5, 5.41) is 0. The number of unbranched alkanes of at least 4 members (excludes halogenated alkanes) is 1. The minimum Gasteiger partial charge on any atom is -0.463 e. The molecule has 0 radical (unpaired) electrons. The molecule has 0 heterocycles. The van der Waals surface area contributed by atoms with Gasteiger partial charge in [-0.2, -0.15) is 0 Å². The van der Waals surface area contributed by atoms with Gasteiger partial charge < -0.3 is 56.8 Å². The van der Waals surface area contributed by atoms with Gasteiger partial charge in [-0.05, 0) is 19.8 Å². The maximum absolute atomic E-state index is 12.0. The second kappa shape index (κ2) is 38.1. The molecule has 0 aromatic heterocycles. The highest BCUT2D eigenvalue weighted by molar-refractivity contribution is 5.86. The lowest BCUT2D eigenvalue weighted by atomic mass is 10.00. The maximum atomic E-state index is 12.0. The monoisotopic (exact) mass is 696 g/mol. The fraction of sp³-hybridized carbons (Fsp3) is 0.882. The summed E-state index contributed by atoms with van der Waals surface area (Å²) in [4.78, 5) is 23.2. The number of hydrogen-bond acceptors (Lipinski definition) is 14. The van der Waals surface area contributed by atoms with E-state index in [4.69, 9.17) is 56.8 Å². The van der Waals surface area contributed by atoms with E-state index >= 15 is 0 Å². The highest BCUT2D eigenvalue weighted by Gasteiger charge is 2.17. The van der Waals surface area contributed by atoms with Gasteiger partial charge in [-0.15, -0.1) is 0 Å². The fourth-order valence-corrected chi connectivity index (χ4v) is 3.66. The number of rotatable bonds is 39. The third-order valence-corrected chi connectivity index (χ3v) is 6.36. The summed E-state index contributed by atoms with van der Waals surface area (Å²) in [5.74, 6) is -0.547. The molecule has 0 aromatic carbocycles. The molecule has 0 saturated heterocycles. The average Bonchev–Trinajstić information content (AvgIpc) is 3.08. The van der Waals surface area contributed by atoms with Crippen LogP contribution in [-0.2, 0) is 66.4 Å². The third kappa shape index (κ3) is 34.2. The molecule has 14 heteroatoms. The molecule has 0 aromatic rings. The van der Waals surface area contributed by atoms with Gasteiger partial charge in [0, 0.05) is 5.57 Å². The van der Waals surface area contributed by atoms with Crippen LogP contribution in [0.15, 0.2) is 12.2 Å². The second-order valence-corrected chi connectivity index (χ2v) is 10.5. The average molecular weight is 697 g/mol. The molecule has 0 aliphatic rings. The Morgan fingerprint density at radius 2 is 0.729 bits per heavy atom. The predicted molar refractivity (Wildman–Crippen MR) is 178 cm³/mol. The summed E-state index contributed by atoms with van der Waals surface area (Å²) < 4.78 is 64.6. The van der Waals surface area contributed by atoms with Gasteiger partial charge in [0.25, 0.3) is 0 Å². The van der Waals surface area contributed by atoms with Crippen LogP contribution >= 0.6 is 0 Å². The Morgan fingerprint density at radius 1 is 0.458 bits per heavy atom. The Labute approximate surface area is 288 Å². The molecule has 1 atom stereocenters. The van der Waals surface area contributed by atoms with Crippen LogP contribution in [0.1, 0.15) is 46.5 Å². The standard InChI is InChI=1S/C34H64O14/c1-5-7-8-32(6-2)34(36)48-30-28-46-26-24-44-22-20-42-18-16-40-14-12-38-10-9-37-11-13-39-15-17-41-19-21-43-23-25-45-27-29-47-33(35)31(3)4/h32H,3,5-30H2,1-2,4H3. The molecular formula is C34H64O14. The largest absolute Gasteiger partial charge is 0.463 e. The zero-order chi connectivity index (χ0) is 35.2. The molecule has 0 amide bonds. The fourth-order valence-electron chi connectivity index (χ4n) is 3.66. The van der Waals surface area contributed by atoms with Crippen LogP contribution in [-0.4, -0.2) is 157 Å². The van der Waals surface area contributed by atoms with Gasteiger partial charge in [0.05, 0.1) is 138 Å². The first-order chi connectivity index (χ1) is 23.5. The maximum Gasteiger partial charge on any atom is 0.333 e. The summed E-state index contributed by atoms with van der Waals surface area (Å²) in [6, 6.07) is 0. The van der Waals surface area contributed by atoms with Crippen LogP contribution in [0.3, 0.4) is 0 Å². The predicted octanol–water partition coefficient (Wildman–Crippen LogP) is 3.03. The first-order valence-corrected chi connectivity index (χ1v) is 17.3. The van der Waals surface area contributed by atoms with Gasteiger partial charge in [-0.3, -0.25) is 4.79 Å². The molecule has 0 N–H and O–H groups in total. The molecule has 0 spiro atoms. The molecule has 0 aliphatic carbocycles. The molecule has 284 valence electrons. The van der Waals surface area contributed by atoms with Gasteiger partial charge in [0.15, 0.2) is 0 Å². The normalized spacial score (nSPS) is 11.9. The third-order valence-electron chi connectivity index (χ3n) is 6.36. The van der Waals surface area contributed by atoms with Crippen molar-refractivity contribution in [2.24, 2.45) is 5.92 Å². The minimum atomic E-state index is -0.415. The van der Waals surface area contributed by atoms with E-state index in [1.807, 2.05) is 6.92 Å². The lowest BCUT2D eigenvalue weighted by Crippen LogP contribution is -2.20. The van der Waals surface area contributed by atoms with Crippen LogP contribution in [0.2, 0.25) is 0 Å². The van der Waals surface area contributed by atoms with E-state index in [1.165, 1.54) is 0 Å². The number of ether oxygens (including phenoxy) is 12. The first-order valence-electron chi connectivity index (χ1n) is 17.3. The van der Waals surface area contributed by atoms with Crippen molar-refractivity contribution in [3.8, 4) is 0 Å². The molecule has 48 heavy (non-hydrogen) atoms. The zero-order valence-electron chi connectivity index (χ0n) is 29.9. The molecule has 0 bridgehead atoms. The quantitative estimate of drug-likeness (QED) is 0.0527. The summed E-state index contributed by atoms with van der Waals surface area (Å²) in [6.45, 7) is 18.9. The minimum absolute atomic E-state index is 0.00760. The molecule has 1 unspecified atom stereocenters. The van der Waals surface area contributed by atoms with Crippen molar-refractivity contribution in [2.75, 3.05) is 145 Å². The molecule has 0 aliphatic heterocycles. The smallest absolute Gasteiger partial charge is 0.333 e. The molecular weight excluding hydrogens is 632 g/mol. The van der Waals surface area contributed by atoms with Crippen LogP contribution in [0.5, 0.6) is 0 Å². The van der Waals surface area contributed by atoms with Crippen molar-refractivity contribution in [1.82, 2.24) is 0 Å². The van der Waals surface area contributed by atoms with E-state index in [0.717, 1.165) is 25.7 Å². The zero-order valence-corrected chi connectivity index (χ0v) is 29.9. The van der Waals surface area contributed by atoms with Crippen molar-refractivity contribution in [3.63, 3.8) is 0 Å². The Kier molecular flexibility index (Phi) is 36.7. The van der Waals surface area contributed by atoms with Gasteiger partial charge in [0.1, 0.15) is 13.2 Å². The highest BCUT2D eigenvalue weighted by Crippen LogP contribution is 2.14. The molecule has 0 saturated carbocycles. The number of carbonyl (C=O) groups excluding carboxylic acids is 2. The van der Waals surface area contributed by atoms with Gasteiger partial charge in [-0.25, -0.2) is 4.79 Å². The van der Waals surface area contributed by atoms with Crippen molar-refractivity contribution >= 4 is 11.9 Å². The first kappa shape index (κ1) is 46.3. The van der Waals surface area contributed by atoms with Crippen molar-refractivity contribution < 1.29 is 66.4 Å². The van der Waals surface area contributed by atoms with Crippen LogP contribution in [0.4, 0.5) is 0 Å². The Bertz CT molecular complexity index is 724. The van der Waals surface area contributed by atoms with E-state index in [9.17, 15) is 9.59 Å². The summed E-state index contributed by atoms with van der Waals surface area (Å²) in [7, 11) is 0. The Balaban J connectivity index is 3.16. The Hall–Kier alpha value is -1.72. The van der Waals surface area contributed by atoms with Gasteiger partial charge >= 0.3 is 11.9 Å². The van der Waals surface area contributed by atoms with E-state index < -0.39 is 5.97 Å². The summed E-state index contributed by atoms with van der Waals surface area (Å²) >= 11 is 0. The topological polar surface area (TPSA) is 145 Å². The van der Waals surface area contributed by atoms with E-state index in [-0.39, 0.29) is 25.1 Å². The highest BCUT2D eigenvalue weighted by atomic mass is 16.6. The van der Waals surface area contributed by atoms with Crippen molar-refractivity contribution in [2.45, 2.75) is 46.5 Å². The number of carbonyl (C=O) groups is 2. The van der Waals surface area contributed by atoms with Crippen LogP contribution in [0.25, 0.3) is 0 Å².